The summed E-state index contributed by atoms with van der Waals surface area (Å²) in [6, 6.07) is 3.98. The van der Waals surface area contributed by atoms with E-state index < -0.39 is 0 Å². The predicted molar refractivity (Wildman–Crippen MR) is 106 cm³/mol. The van der Waals surface area contributed by atoms with Gasteiger partial charge in [0.1, 0.15) is 11.4 Å². The van der Waals surface area contributed by atoms with Crippen molar-refractivity contribution >= 4 is 17.5 Å². The first-order valence-electron chi connectivity index (χ1n) is 9.22. The normalized spacial score (nSPS) is 17.7. The summed E-state index contributed by atoms with van der Waals surface area (Å²) in [6.45, 7) is 6.72. The topological polar surface area (TPSA) is 72.4 Å². The van der Waals surface area contributed by atoms with E-state index in [2.05, 4.69) is 32.4 Å². The van der Waals surface area contributed by atoms with Crippen LogP contribution in [0.4, 0.5) is 5.95 Å². The van der Waals surface area contributed by atoms with Crippen LogP contribution < -0.4 is 10.1 Å². The average Bonchev–Trinajstić information content (AvgIpc) is 2.63. The number of rotatable bonds is 7. The highest BCUT2D eigenvalue weighted by Gasteiger charge is 2.19. The minimum atomic E-state index is 0.152. The summed E-state index contributed by atoms with van der Waals surface area (Å²) in [5.41, 5.74) is 2.41. The molecule has 0 saturated carbocycles. The Labute approximate surface area is 165 Å². The fourth-order valence-corrected chi connectivity index (χ4v) is 3.53. The number of anilines is 1. The van der Waals surface area contributed by atoms with Crippen LogP contribution in [0, 0.1) is 6.92 Å². The molecule has 1 N–H and O–H groups in total. The Balaban J connectivity index is 1.77. The molecule has 0 radical (unpaired) electrons. The molecule has 2 aromatic rings. The Bertz CT molecular complexity index is 757. The van der Waals surface area contributed by atoms with Gasteiger partial charge in [-0.05, 0) is 58.0 Å². The van der Waals surface area contributed by atoms with E-state index in [1.807, 2.05) is 19.9 Å². The van der Waals surface area contributed by atoms with E-state index in [9.17, 15) is 0 Å². The van der Waals surface area contributed by atoms with E-state index in [0.717, 1.165) is 30.6 Å². The second-order valence-electron chi connectivity index (χ2n) is 6.76. The first-order valence-corrected chi connectivity index (χ1v) is 9.60. The lowest BCUT2D eigenvalue weighted by Crippen LogP contribution is -2.40. The molecule has 1 aromatic carbocycles. The van der Waals surface area contributed by atoms with Gasteiger partial charge in [0.15, 0.2) is 6.79 Å². The van der Waals surface area contributed by atoms with Gasteiger partial charge in [0.25, 0.3) is 0 Å². The van der Waals surface area contributed by atoms with Gasteiger partial charge >= 0.3 is 0 Å². The Morgan fingerprint density at radius 1 is 1.33 bits per heavy atom. The number of nitrogens with one attached hydrogen (secondary N) is 1. The maximum atomic E-state index is 6.18. The summed E-state index contributed by atoms with van der Waals surface area (Å²) in [5, 5.41) is 12.6. The molecule has 146 valence electrons. The lowest BCUT2D eigenvalue weighted by molar-refractivity contribution is 0.0227. The van der Waals surface area contributed by atoms with Gasteiger partial charge in [-0.3, -0.25) is 0 Å². The Morgan fingerprint density at radius 3 is 2.89 bits per heavy atom. The van der Waals surface area contributed by atoms with Gasteiger partial charge in [0.2, 0.25) is 5.95 Å². The smallest absolute Gasteiger partial charge is 0.242 e. The van der Waals surface area contributed by atoms with Crippen molar-refractivity contribution in [2.24, 2.45) is 0 Å². The molecule has 0 unspecified atom stereocenters. The second kappa shape index (κ2) is 9.30. The van der Waals surface area contributed by atoms with Crippen molar-refractivity contribution in [1.82, 2.24) is 20.1 Å². The third-order valence-corrected chi connectivity index (χ3v) is 4.76. The van der Waals surface area contributed by atoms with Crippen molar-refractivity contribution in [3.8, 4) is 17.0 Å². The van der Waals surface area contributed by atoms with Gasteiger partial charge in [0.05, 0.1) is 6.20 Å². The number of hydrogen-bond donors (Lipinski definition) is 1. The van der Waals surface area contributed by atoms with Crippen molar-refractivity contribution < 1.29 is 9.47 Å². The number of benzene rings is 1. The Morgan fingerprint density at radius 2 is 2.19 bits per heavy atom. The minimum Gasteiger partial charge on any atom is -0.467 e. The SMILES string of the molecule is CCOCOc1cc(Cl)cc(C)c1-c1cnc(N[C@@H]2CCCN(C)C2)nn1. The molecular weight excluding hydrogens is 366 g/mol. The highest BCUT2D eigenvalue weighted by molar-refractivity contribution is 6.31. The van der Waals surface area contributed by atoms with E-state index in [4.69, 9.17) is 21.1 Å². The van der Waals surface area contributed by atoms with E-state index in [-0.39, 0.29) is 6.79 Å². The van der Waals surface area contributed by atoms with Crippen molar-refractivity contribution in [3.05, 3.63) is 28.9 Å². The summed E-state index contributed by atoms with van der Waals surface area (Å²) in [7, 11) is 2.13. The Hall–Kier alpha value is -1.96. The molecule has 8 heteroatoms. The van der Waals surface area contributed by atoms with Gasteiger partial charge in [-0.2, -0.15) is 0 Å². The van der Waals surface area contributed by atoms with Gasteiger partial charge in [0, 0.05) is 29.8 Å². The van der Waals surface area contributed by atoms with E-state index in [0.29, 0.717) is 35.1 Å². The molecule has 1 aromatic heterocycles. The van der Waals surface area contributed by atoms with Crippen LogP contribution in [0.25, 0.3) is 11.3 Å². The number of aromatic nitrogens is 3. The molecule has 3 rings (SSSR count). The van der Waals surface area contributed by atoms with E-state index >= 15 is 0 Å². The molecular formula is C19H26ClN5O2. The fourth-order valence-electron chi connectivity index (χ4n) is 3.27. The molecule has 1 saturated heterocycles. The summed E-state index contributed by atoms with van der Waals surface area (Å²) in [4.78, 5) is 6.76. The molecule has 1 atom stereocenters. The lowest BCUT2D eigenvalue weighted by Gasteiger charge is -2.30. The third-order valence-electron chi connectivity index (χ3n) is 4.54. The highest BCUT2D eigenvalue weighted by Crippen LogP contribution is 2.34. The minimum absolute atomic E-state index is 0.152. The molecule has 1 aliphatic heterocycles. The van der Waals surface area contributed by atoms with E-state index in [1.165, 1.54) is 6.42 Å². The zero-order valence-electron chi connectivity index (χ0n) is 16.0. The zero-order valence-corrected chi connectivity index (χ0v) is 16.8. The average molecular weight is 392 g/mol. The van der Waals surface area contributed by atoms with Crippen molar-refractivity contribution in [1.29, 1.82) is 0 Å². The number of piperidine rings is 1. The van der Waals surface area contributed by atoms with Crippen LogP contribution in [0.2, 0.25) is 5.02 Å². The monoisotopic (exact) mass is 391 g/mol. The van der Waals surface area contributed by atoms with Gasteiger partial charge < -0.3 is 19.7 Å². The standard InChI is InChI=1S/C19H26ClN5O2/c1-4-26-12-27-17-9-14(20)8-13(2)18(17)16-10-21-19(24-23-16)22-15-6-5-7-25(3)11-15/h8-10,15H,4-7,11-12H2,1-3H3,(H,21,22,24)/t15-/m1/s1. The summed E-state index contributed by atoms with van der Waals surface area (Å²) in [6.07, 6.45) is 4.00. The molecule has 2 heterocycles. The van der Waals surface area contributed by atoms with Gasteiger partial charge in [-0.25, -0.2) is 4.98 Å². The van der Waals surface area contributed by atoms with Crippen molar-refractivity contribution in [3.63, 3.8) is 0 Å². The number of aryl methyl sites for hydroxylation is 1. The summed E-state index contributed by atoms with van der Waals surface area (Å²) >= 11 is 6.18. The number of ether oxygens (including phenoxy) is 2. The molecule has 0 bridgehead atoms. The van der Waals surface area contributed by atoms with E-state index in [1.54, 1.807) is 12.3 Å². The summed E-state index contributed by atoms with van der Waals surface area (Å²) in [5.74, 6) is 1.15. The molecule has 0 amide bonds. The van der Waals surface area contributed by atoms with Crippen LogP contribution in [-0.4, -0.2) is 59.7 Å². The van der Waals surface area contributed by atoms with Crippen LogP contribution in [-0.2, 0) is 4.74 Å². The van der Waals surface area contributed by atoms with Crippen molar-refractivity contribution in [2.45, 2.75) is 32.7 Å². The molecule has 1 fully saturated rings. The number of hydrogen-bond acceptors (Lipinski definition) is 7. The maximum Gasteiger partial charge on any atom is 0.242 e. The molecule has 0 aliphatic carbocycles. The molecule has 0 spiro atoms. The van der Waals surface area contributed by atoms with Crippen LogP contribution in [0.1, 0.15) is 25.3 Å². The van der Waals surface area contributed by atoms with Crippen LogP contribution >= 0.6 is 11.6 Å². The lowest BCUT2D eigenvalue weighted by atomic mass is 10.1. The van der Waals surface area contributed by atoms with Crippen LogP contribution in [0.5, 0.6) is 5.75 Å². The van der Waals surface area contributed by atoms with Crippen LogP contribution in [0.3, 0.4) is 0 Å². The van der Waals surface area contributed by atoms with Crippen molar-refractivity contribution in [2.75, 3.05) is 38.9 Å². The summed E-state index contributed by atoms with van der Waals surface area (Å²) < 4.78 is 11.0. The quantitative estimate of drug-likeness (QED) is 0.573. The Kier molecular flexibility index (Phi) is 6.82. The van der Waals surface area contributed by atoms with Gasteiger partial charge in [-0.1, -0.05) is 11.6 Å². The maximum absolute atomic E-state index is 6.18. The van der Waals surface area contributed by atoms with Gasteiger partial charge in [-0.15, -0.1) is 10.2 Å². The number of likely N-dealkylation sites (tertiary alicyclic amines) is 1. The highest BCUT2D eigenvalue weighted by atomic mass is 35.5. The number of halogens is 1. The first-order chi connectivity index (χ1) is 13.1. The molecule has 7 nitrogen and oxygen atoms in total. The predicted octanol–water partition coefficient (Wildman–Crippen LogP) is 3.38. The fraction of sp³-hybridized carbons (Fsp3) is 0.526. The molecule has 1 aliphatic rings. The second-order valence-corrected chi connectivity index (χ2v) is 7.20. The number of likely N-dealkylation sites (N-methyl/N-ethyl adjacent to an activating group) is 1. The first kappa shape index (κ1) is 19.8. The van der Waals surface area contributed by atoms with Crippen LogP contribution in [0.15, 0.2) is 18.3 Å². The molecule has 27 heavy (non-hydrogen) atoms. The largest absolute Gasteiger partial charge is 0.467 e. The number of nitrogens with zero attached hydrogens (tertiary/aromatic N) is 4. The zero-order chi connectivity index (χ0) is 19.2. The third kappa shape index (κ3) is 5.28.